The van der Waals surface area contributed by atoms with Gasteiger partial charge in [0.05, 0.1) is 11.5 Å². The molecule has 0 aromatic heterocycles. The van der Waals surface area contributed by atoms with Crippen molar-refractivity contribution >= 4 is 5.97 Å². The van der Waals surface area contributed by atoms with Gasteiger partial charge in [-0.25, -0.2) is 0 Å². The predicted octanol–water partition coefficient (Wildman–Crippen LogP) is 1.88. The largest absolute Gasteiger partial charge is 0.481 e. The Morgan fingerprint density at radius 3 is 2.72 bits per heavy atom. The molecule has 3 rings (SSSR count). The number of carboxylic acid groups (broad SMARTS) is 1. The zero-order valence-corrected chi connectivity index (χ0v) is 10.9. The van der Waals surface area contributed by atoms with Crippen LogP contribution in [0.15, 0.2) is 0 Å². The van der Waals surface area contributed by atoms with E-state index in [9.17, 15) is 4.79 Å². The summed E-state index contributed by atoms with van der Waals surface area (Å²) in [6, 6.07) is 0.557. The minimum atomic E-state index is -0.625. The molecule has 2 saturated heterocycles. The standard InChI is InChI=1S/C14H23NO3/c16-13(17)11-3-7-15(10-11)12-4-8-18-14(9-12)5-1-2-6-14/h11-12H,1-10H2,(H,16,17). The van der Waals surface area contributed by atoms with E-state index in [0.717, 1.165) is 39.0 Å². The van der Waals surface area contributed by atoms with Gasteiger partial charge in [-0.3, -0.25) is 9.69 Å². The van der Waals surface area contributed by atoms with E-state index in [1.165, 1.54) is 25.7 Å². The van der Waals surface area contributed by atoms with Gasteiger partial charge in [0.2, 0.25) is 0 Å². The van der Waals surface area contributed by atoms with E-state index in [1.54, 1.807) is 0 Å². The average molecular weight is 253 g/mol. The van der Waals surface area contributed by atoms with Crippen LogP contribution in [-0.4, -0.2) is 47.3 Å². The lowest BCUT2D eigenvalue weighted by molar-refractivity contribution is -0.141. The van der Waals surface area contributed by atoms with Crippen molar-refractivity contribution in [3.05, 3.63) is 0 Å². The molecule has 1 saturated carbocycles. The molecule has 0 amide bonds. The second-order valence-electron chi connectivity index (χ2n) is 6.20. The molecule has 1 aliphatic carbocycles. The molecule has 0 bridgehead atoms. The highest BCUT2D eigenvalue weighted by molar-refractivity contribution is 5.70. The summed E-state index contributed by atoms with van der Waals surface area (Å²) in [6.07, 6.45) is 8.03. The molecule has 0 radical (unpaired) electrons. The van der Waals surface area contributed by atoms with Crippen LogP contribution < -0.4 is 0 Å². The highest BCUT2D eigenvalue weighted by atomic mass is 16.5. The molecule has 1 N–H and O–H groups in total. The van der Waals surface area contributed by atoms with Crippen LogP contribution in [-0.2, 0) is 9.53 Å². The van der Waals surface area contributed by atoms with Gasteiger partial charge in [-0.2, -0.15) is 0 Å². The Morgan fingerprint density at radius 1 is 1.28 bits per heavy atom. The number of aliphatic carboxylic acids is 1. The molecule has 4 nitrogen and oxygen atoms in total. The molecule has 2 aliphatic heterocycles. The van der Waals surface area contributed by atoms with E-state index in [4.69, 9.17) is 9.84 Å². The van der Waals surface area contributed by atoms with E-state index in [1.807, 2.05) is 0 Å². The molecule has 2 atom stereocenters. The topological polar surface area (TPSA) is 49.8 Å². The van der Waals surface area contributed by atoms with Crippen molar-refractivity contribution in [2.24, 2.45) is 5.92 Å². The summed E-state index contributed by atoms with van der Waals surface area (Å²) in [6.45, 7) is 2.56. The van der Waals surface area contributed by atoms with Gasteiger partial charge in [-0.1, -0.05) is 12.8 Å². The summed E-state index contributed by atoms with van der Waals surface area (Å²) in [5.41, 5.74) is 0.143. The van der Waals surface area contributed by atoms with Gasteiger partial charge in [-0.05, 0) is 38.6 Å². The molecule has 3 aliphatic rings. The minimum Gasteiger partial charge on any atom is -0.481 e. The van der Waals surface area contributed by atoms with Gasteiger partial charge in [-0.15, -0.1) is 0 Å². The van der Waals surface area contributed by atoms with Crippen molar-refractivity contribution in [1.29, 1.82) is 0 Å². The molecule has 2 unspecified atom stereocenters. The van der Waals surface area contributed by atoms with Crippen molar-refractivity contribution < 1.29 is 14.6 Å². The normalized spacial score (nSPS) is 36.2. The monoisotopic (exact) mass is 253 g/mol. The predicted molar refractivity (Wildman–Crippen MR) is 67.5 cm³/mol. The van der Waals surface area contributed by atoms with Crippen LogP contribution in [0, 0.1) is 5.92 Å². The zero-order chi connectivity index (χ0) is 12.6. The number of carbonyl (C=O) groups is 1. The second-order valence-corrected chi connectivity index (χ2v) is 6.20. The zero-order valence-electron chi connectivity index (χ0n) is 10.9. The third-order valence-corrected chi connectivity index (χ3v) is 5.07. The van der Waals surface area contributed by atoms with E-state index in [-0.39, 0.29) is 11.5 Å². The van der Waals surface area contributed by atoms with E-state index >= 15 is 0 Å². The van der Waals surface area contributed by atoms with Crippen LogP contribution >= 0.6 is 0 Å². The van der Waals surface area contributed by atoms with Crippen molar-refractivity contribution in [3.8, 4) is 0 Å². The van der Waals surface area contributed by atoms with E-state index in [2.05, 4.69) is 4.90 Å². The lowest BCUT2D eigenvalue weighted by Crippen LogP contribution is -2.47. The summed E-state index contributed by atoms with van der Waals surface area (Å²) >= 11 is 0. The van der Waals surface area contributed by atoms with Crippen LogP contribution in [0.4, 0.5) is 0 Å². The molecule has 1 spiro atoms. The molecule has 4 heteroatoms. The Hall–Kier alpha value is -0.610. The number of likely N-dealkylation sites (tertiary alicyclic amines) is 1. The minimum absolute atomic E-state index is 0.143. The van der Waals surface area contributed by atoms with Crippen LogP contribution in [0.25, 0.3) is 0 Å². The first-order valence-corrected chi connectivity index (χ1v) is 7.29. The summed E-state index contributed by atoms with van der Waals surface area (Å²) < 4.78 is 6.05. The van der Waals surface area contributed by atoms with Crippen LogP contribution in [0.1, 0.15) is 44.9 Å². The molecule has 3 fully saturated rings. The Labute approximate surface area is 108 Å². The highest BCUT2D eigenvalue weighted by Crippen LogP contribution is 2.41. The van der Waals surface area contributed by atoms with Crippen LogP contribution in [0.2, 0.25) is 0 Å². The lowest BCUT2D eigenvalue weighted by Gasteiger charge is -2.41. The maximum absolute atomic E-state index is 11.0. The summed E-state index contributed by atoms with van der Waals surface area (Å²) in [5, 5.41) is 9.08. The van der Waals surface area contributed by atoms with Gasteiger partial charge in [0, 0.05) is 19.2 Å². The van der Waals surface area contributed by atoms with Crippen molar-refractivity contribution in [3.63, 3.8) is 0 Å². The molecule has 2 heterocycles. The maximum atomic E-state index is 11.0. The average Bonchev–Trinajstić information content (AvgIpc) is 2.98. The third-order valence-electron chi connectivity index (χ3n) is 5.07. The summed E-state index contributed by atoms with van der Waals surface area (Å²) in [5.74, 6) is -0.771. The fourth-order valence-corrected chi connectivity index (χ4v) is 4.00. The number of carboxylic acids is 1. The molecule has 18 heavy (non-hydrogen) atoms. The third kappa shape index (κ3) is 2.28. The number of rotatable bonds is 2. The highest BCUT2D eigenvalue weighted by Gasteiger charge is 2.43. The molecular formula is C14H23NO3. The molecular weight excluding hydrogens is 230 g/mol. The molecule has 102 valence electrons. The van der Waals surface area contributed by atoms with Crippen LogP contribution in [0.5, 0.6) is 0 Å². The number of hydrogen-bond acceptors (Lipinski definition) is 3. The summed E-state index contributed by atoms with van der Waals surface area (Å²) in [7, 11) is 0. The fraction of sp³-hybridized carbons (Fsp3) is 0.929. The van der Waals surface area contributed by atoms with Gasteiger partial charge in [0.25, 0.3) is 0 Å². The molecule has 0 aromatic carbocycles. The number of nitrogens with zero attached hydrogens (tertiary/aromatic N) is 1. The maximum Gasteiger partial charge on any atom is 0.307 e. The van der Waals surface area contributed by atoms with E-state index < -0.39 is 5.97 Å². The van der Waals surface area contributed by atoms with Gasteiger partial charge >= 0.3 is 5.97 Å². The Morgan fingerprint density at radius 2 is 2.06 bits per heavy atom. The van der Waals surface area contributed by atoms with Gasteiger partial charge in [0.15, 0.2) is 0 Å². The smallest absolute Gasteiger partial charge is 0.307 e. The van der Waals surface area contributed by atoms with Crippen molar-refractivity contribution in [1.82, 2.24) is 4.90 Å². The number of ether oxygens (including phenoxy) is 1. The summed E-state index contributed by atoms with van der Waals surface area (Å²) in [4.78, 5) is 13.4. The van der Waals surface area contributed by atoms with E-state index in [0.29, 0.717) is 6.04 Å². The Balaban J connectivity index is 1.61. The first-order valence-electron chi connectivity index (χ1n) is 7.29. The first kappa shape index (κ1) is 12.4. The second kappa shape index (κ2) is 4.82. The lowest BCUT2D eigenvalue weighted by atomic mass is 9.88. The fourth-order valence-electron chi connectivity index (χ4n) is 4.00. The first-order chi connectivity index (χ1) is 8.69. The number of hydrogen-bond donors (Lipinski definition) is 1. The Kier molecular flexibility index (Phi) is 3.32. The quantitative estimate of drug-likeness (QED) is 0.816. The van der Waals surface area contributed by atoms with Crippen molar-refractivity contribution in [2.45, 2.75) is 56.6 Å². The Bertz CT molecular complexity index is 325. The molecule has 0 aromatic rings. The van der Waals surface area contributed by atoms with Gasteiger partial charge < -0.3 is 9.84 Å². The van der Waals surface area contributed by atoms with Crippen molar-refractivity contribution in [2.75, 3.05) is 19.7 Å². The van der Waals surface area contributed by atoms with Gasteiger partial charge in [0.1, 0.15) is 0 Å². The SMILES string of the molecule is O=C(O)C1CCN(C2CCOC3(CCCC3)C2)C1. The van der Waals surface area contributed by atoms with Crippen LogP contribution in [0.3, 0.4) is 0 Å².